The lowest BCUT2D eigenvalue weighted by molar-refractivity contribution is -0.339. The second kappa shape index (κ2) is 11.1. The molecule has 0 radical (unpaired) electrons. The lowest BCUT2D eigenvalue weighted by atomic mass is 9.97. The van der Waals surface area contributed by atoms with E-state index in [4.69, 9.17) is 21.6 Å². The molecule has 0 amide bonds. The molecule has 11 nitrogen and oxygen atoms in total. The van der Waals surface area contributed by atoms with Crippen molar-refractivity contribution >= 4 is 46.3 Å². The second-order valence-corrected chi connectivity index (χ2v) is 11.2. The topological polar surface area (TPSA) is 115 Å². The molecule has 2 aromatic carbocycles. The molecule has 0 saturated carbocycles. The molecule has 2 atom stereocenters. The maximum absolute atomic E-state index is 16.6. The minimum absolute atomic E-state index is 0.138. The molecule has 5 rings (SSSR count). The van der Waals surface area contributed by atoms with Gasteiger partial charge in [-0.25, -0.2) is 9.37 Å². The maximum atomic E-state index is 16.6. The van der Waals surface area contributed by atoms with E-state index in [2.05, 4.69) is 44.4 Å². The molecule has 1 aromatic heterocycles. The molecule has 0 spiro atoms. The van der Waals surface area contributed by atoms with E-state index < -0.39 is 10.7 Å². The van der Waals surface area contributed by atoms with Crippen molar-refractivity contribution in [3.63, 3.8) is 0 Å². The standard InChI is InChI=1S/C27H33ClFN9O2/c1-15-6-7-18(34-31-14-38(39)40)8-20(15)23-22(28)9-21-25(24(23)29)32-27(36-12-19(13-36)35(4)5)33-26(21)37-11-16(2)30-10-17(37)3/h6-9,14,16-17,19,30,34H,10-13H2,1-5H3/b31-14+/t16-,17+/m1/s1. The van der Waals surface area contributed by atoms with Gasteiger partial charge in [-0.1, -0.05) is 17.7 Å². The number of aryl methyl sites for hydroxylation is 1. The van der Waals surface area contributed by atoms with Crippen molar-refractivity contribution in [3.05, 3.63) is 50.8 Å². The van der Waals surface area contributed by atoms with E-state index in [-0.39, 0.29) is 28.2 Å². The Morgan fingerprint density at radius 2 is 2.00 bits per heavy atom. The fraction of sp³-hybridized carbons (Fsp3) is 0.444. The number of fused-ring (bicyclic) bond motifs is 1. The Kier molecular flexibility index (Phi) is 7.76. The van der Waals surface area contributed by atoms with E-state index in [9.17, 15) is 10.1 Å². The number of hydrazone groups is 1. The van der Waals surface area contributed by atoms with Crippen molar-refractivity contribution in [2.24, 2.45) is 5.10 Å². The van der Waals surface area contributed by atoms with Gasteiger partial charge in [-0.2, -0.15) is 10.4 Å². The van der Waals surface area contributed by atoms with Crippen LogP contribution in [0, 0.1) is 22.9 Å². The van der Waals surface area contributed by atoms with Crippen LogP contribution in [0.1, 0.15) is 19.4 Å². The van der Waals surface area contributed by atoms with E-state index in [1.165, 1.54) is 0 Å². The molecular formula is C27H33ClFN9O2. The van der Waals surface area contributed by atoms with Crippen molar-refractivity contribution < 1.29 is 9.31 Å². The zero-order valence-corrected chi connectivity index (χ0v) is 23.9. The van der Waals surface area contributed by atoms with Crippen molar-refractivity contribution in [1.82, 2.24) is 20.2 Å². The summed E-state index contributed by atoms with van der Waals surface area (Å²) in [6.07, 6.45) is 0.553. The van der Waals surface area contributed by atoms with E-state index in [0.717, 1.165) is 25.2 Å². The second-order valence-electron chi connectivity index (χ2n) is 10.8. The average Bonchev–Trinajstić information content (AvgIpc) is 2.86. The number of rotatable bonds is 7. The zero-order valence-electron chi connectivity index (χ0n) is 23.2. The number of halogens is 2. The van der Waals surface area contributed by atoms with Crippen LogP contribution >= 0.6 is 11.6 Å². The Balaban J connectivity index is 1.65. The molecule has 0 bridgehead atoms. The third kappa shape index (κ3) is 5.38. The number of hydrogen-bond acceptors (Lipinski definition) is 10. The number of nitrogens with zero attached hydrogens (tertiary/aromatic N) is 7. The van der Waals surface area contributed by atoms with Crippen LogP contribution in [0.2, 0.25) is 5.02 Å². The highest BCUT2D eigenvalue weighted by Gasteiger charge is 2.33. The van der Waals surface area contributed by atoms with Gasteiger partial charge in [0, 0.05) is 60.4 Å². The van der Waals surface area contributed by atoms with Crippen molar-refractivity contribution in [3.8, 4) is 11.1 Å². The predicted molar refractivity (Wildman–Crippen MR) is 158 cm³/mol. The van der Waals surface area contributed by atoms with Crippen LogP contribution in [0.5, 0.6) is 0 Å². The third-order valence-electron chi connectivity index (χ3n) is 7.62. The molecule has 212 valence electrons. The minimum Gasteiger partial charge on any atom is -0.358 e. The smallest absolute Gasteiger partial charge is 0.352 e. The number of piperazine rings is 1. The minimum atomic E-state index is -0.671. The molecular weight excluding hydrogens is 537 g/mol. The quantitative estimate of drug-likeness (QED) is 0.189. The van der Waals surface area contributed by atoms with Crippen LogP contribution in [-0.2, 0) is 0 Å². The first kappa shape index (κ1) is 27.9. The zero-order chi connectivity index (χ0) is 28.7. The van der Waals surface area contributed by atoms with Gasteiger partial charge in [-0.15, -0.1) is 0 Å². The van der Waals surface area contributed by atoms with Gasteiger partial charge in [0.15, 0.2) is 5.82 Å². The summed E-state index contributed by atoms with van der Waals surface area (Å²) in [7, 11) is 4.08. The van der Waals surface area contributed by atoms with E-state index in [1.54, 1.807) is 24.3 Å². The Hall–Kier alpha value is -3.61. The monoisotopic (exact) mass is 569 g/mol. The molecule has 0 aliphatic carbocycles. The van der Waals surface area contributed by atoms with Gasteiger partial charge in [0.05, 0.1) is 10.7 Å². The maximum Gasteiger partial charge on any atom is 0.352 e. The molecule has 13 heteroatoms. The molecule has 2 saturated heterocycles. The van der Waals surface area contributed by atoms with Gasteiger partial charge in [0.25, 0.3) is 0 Å². The molecule has 2 aliphatic heterocycles. The number of hydrogen-bond donors (Lipinski definition) is 2. The summed E-state index contributed by atoms with van der Waals surface area (Å²) < 4.78 is 16.6. The Labute approximate surface area is 237 Å². The Morgan fingerprint density at radius 3 is 2.70 bits per heavy atom. The number of anilines is 3. The number of nitrogens with one attached hydrogen (secondary N) is 2. The van der Waals surface area contributed by atoms with Gasteiger partial charge in [-0.05, 0) is 69.1 Å². The largest absolute Gasteiger partial charge is 0.358 e. The highest BCUT2D eigenvalue weighted by Crippen LogP contribution is 2.41. The number of likely N-dealkylation sites (N-methyl/N-ethyl adjacent to an activating group) is 1. The molecule has 0 unspecified atom stereocenters. The first-order valence-corrected chi connectivity index (χ1v) is 13.6. The van der Waals surface area contributed by atoms with Gasteiger partial charge in [0.1, 0.15) is 11.3 Å². The van der Waals surface area contributed by atoms with E-state index >= 15 is 4.39 Å². The van der Waals surface area contributed by atoms with Crippen molar-refractivity contribution in [2.75, 3.05) is 55.5 Å². The van der Waals surface area contributed by atoms with Crippen molar-refractivity contribution in [2.45, 2.75) is 38.9 Å². The van der Waals surface area contributed by atoms with Crippen LogP contribution in [0.25, 0.3) is 22.0 Å². The fourth-order valence-electron chi connectivity index (χ4n) is 5.15. The van der Waals surface area contributed by atoms with Crippen LogP contribution < -0.4 is 20.5 Å². The van der Waals surface area contributed by atoms with Crippen LogP contribution in [0.3, 0.4) is 0 Å². The first-order chi connectivity index (χ1) is 19.0. The molecule has 2 aliphatic rings. The Morgan fingerprint density at radius 1 is 1.25 bits per heavy atom. The fourth-order valence-corrected chi connectivity index (χ4v) is 5.44. The van der Waals surface area contributed by atoms with Gasteiger partial charge in [-0.3, -0.25) is 0 Å². The van der Waals surface area contributed by atoms with Crippen LogP contribution in [0.15, 0.2) is 29.4 Å². The van der Waals surface area contributed by atoms with Crippen LogP contribution in [-0.4, -0.2) is 84.5 Å². The summed E-state index contributed by atoms with van der Waals surface area (Å²) >= 11 is 6.80. The summed E-state index contributed by atoms with van der Waals surface area (Å²) in [4.78, 5) is 26.1. The highest BCUT2D eigenvalue weighted by atomic mass is 35.5. The molecule has 2 fully saturated rings. The van der Waals surface area contributed by atoms with Crippen molar-refractivity contribution in [1.29, 1.82) is 0 Å². The number of benzene rings is 2. The highest BCUT2D eigenvalue weighted by molar-refractivity contribution is 6.34. The Bertz CT molecular complexity index is 1480. The van der Waals surface area contributed by atoms with Gasteiger partial charge < -0.3 is 30.1 Å². The number of aromatic nitrogens is 2. The molecule has 3 aromatic rings. The SMILES string of the molecule is Cc1ccc(N/N=C/[N+](=O)[O-])cc1-c1c(Cl)cc2c(N3C[C@@H](C)NC[C@@H]3C)nc(N3CC(N(C)C)C3)nc2c1F. The number of nitro groups is 1. The van der Waals surface area contributed by atoms with Gasteiger partial charge in [0.2, 0.25) is 5.95 Å². The predicted octanol–water partition coefficient (Wildman–Crippen LogP) is 3.97. The third-order valence-corrected chi connectivity index (χ3v) is 7.91. The summed E-state index contributed by atoms with van der Waals surface area (Å²) in [6.45, 7) is 9.09. The lowest BCUT2D eigenvalue weighted by Crippen LogP contribution is -2.58. The van der Waals surface area contributed by atoms with Crippen LogP contribution in [0.4, 0.5) is 21.8 Å². The molecule has 40 heavy (non-hydrogen) atoms. The summed E-state index contributed by atoms with van der Waals surface area (Å²) in [5.41, 5.74) is 4.80. The van der Waals surface area contributed by atoms with Gasteiger partial charge >= 0.3 is 6.34 Å². The van der Waals surface area contributed by atoms with E-state index in [1.807, 2.05) is 21.0 Å². The lowest BCUT2D eigenvalue weighted by Gasteiger charge is -2.43. The summed E-state index contributed by atoms with van der Waals surface area (Å²) in [6, 6.07) is 7.66. The first-order valence-electron chi connectivity index (χ1n) is 13.2. The average molecular weight is 570 g/mol. The summed E-state index contributed by atoms with van der Waals surface area (Å²) in [5, 5.41) is 18.5. The molecule has 2 N–H and O–H groups in total. The molecule has 3 heterocycles. The summed E-state index contributed by atoms with van der Waals surface area (Å²) in [5.74, 6) is 0.622. The normalized spacial score (nSPS) is 20.0. The van der Waals surface area contributed by atoms with E-state index in [0.29, 0.717) is 47.3 Å².